The summed E-state index contributed by atoms with van der Waals surface area (Å²) in [6, 6.07) is -0.904. The molecule has 0 aliphatic heterocycles. The molecule has 1 heterocycles. The summed E-state index contributed by atoms with van der Waals surface area (Å²) in [5.41, 5.74) is -0.432. The van der Waals surface area contributed by atoms with Crippen LogP contribution in [0.5, 0.6) is 0 Å². The summed E-state index contributed by atoms with van der Waals surface area (Å²) < 4.78 is 10.9. The van der Waals surface area contributed by atoms with Gasteiger partial charge in [-0.05, 0) is 67.0 Å². The van der Waals surface area contributed by atoms with Gasteiger partial charge in [0.05, 0.1) is 29.5 Å². The molecule has 1 rings (SSSR count). The third-order valence-electron chi connectivity index (χ3n) is 3.74. The summed E-state index contributed by atoms with van der Waals surface area (Å²) in [5.74, 6) is 0. The maximum Gasteiger partial charge on any atom is 0.420 e. The van der Waals surface area contributed by atoms with E-state index in [1.54, 1.807) is 54.5 Å². The molecule has 0 spiro atoms. The molecule has 170 valence electrons. The molecule has 8 nitrogen and oxygen atoms in total. The van der Waals surface area contributed by atoms with Gasteiger partial charge < -0.3 is 19.7 Å². The number of aryl methyl sites for hydroxylation is 1. The summed E-state index contributed by atoms with van der Waals surface area (Å²) >= 11 is 1.47. The number of carbonyl (C=O) groups is 2. The van der Waals surface area contributed by atoms with Gasteiger partial charge in [0.25, 0.3) is 0 Å². The van der Waals surface area contributed by atoms with Crippen molar-refractivity contribution < 1.29 is 29.3 Å². The zero-order valence-electron chi connectivity index (χ0n) is 19.1. The summed E-state index contributed by atoms with van der Waals surface area (Å²) in [6.07, 6.45) is -1.29. The molecule has 9 heteroatoms. The van der Waals surface area contributed by atoms with Gasteiger partial charge in [-0.2, -0.15) is 0 Å². The summed E-state index contributed by atoms with van der Waals surface area (Å²) in [7, 11) is 0. The van der Waals surface area contributed by atoms with Crippen molar-refractivity contribution in [1.82, 2.24) is 9.88 Å². The molecule has 0 saturated heterocycles. The molecule has 0 radical (unpaired) electrons. The van der Waals surface area contributed by atoms with E-state index in [0.717, 1.165) is 9.91 Å². The highest BCUT2D eigenvalue weighted by atomic mass is 32.1. The number of aliphatic hydroxyl groups is 2. The van der Waals surface area contributed by atoms with E-state index in [2.05, 4.69) is 4.98 Å². The Bertz CT molecular complexity index is 732. The van der Waals surface area contributed by atoms with Crippen molar-refractivity contribution in [2.45, 2.75) is 85.2 Å². The van der Waals surface area contributed by atoms with E-state index in [-0.39, 0.29) is 6.42 Å². The van der Waals surface area contributed by atoms with Crippen molar-refractivity contribution in [3.63, 3.8) is 0 Å². The van der Waals surface area contributed by atoms with Crippen LogP contribution in [-0.4, -0.2) is 62.2 Å². The second kappa shape index (κ2) is 10.4. The Morgan fingerprint density at radius 1 is 1.17 bits per heavy atom. The molecular weight excluding hydrogens is 408 g/mol. The van der Waals surface area contributed by atoms with Crippen LogP contribution in [-0.2, 0) is 9.47 Å². The van der Waals surface area contributed by atoms with Gasteiger partial charge in [0.1, 0.15) is 11.2 Å². The first-order chi connectivity index (χ1) is 13.6. The number of aromatic nitrogens is 1. The predicted molar refractivity (Wildman–Crippen MR) is 116 cm³/mol. The lowest BCUT2D eigenvalue weighted by atomic mass is 9.99. The van der Waals surface area contributed by atoms with E-state index in [1.807, 2.05) is 12.3 Å². The van der Waals surface area contributed by atoms with Crippen molar-refractivity contribution >= 4 is 29.6 Å². The minimum atomic E-state index is -1.15. The van der Waals surface area contributed by atoms with Crippen molar-refractivity contribution in [3.05, 3.63) is 21.7 Å². The summed E-state index contributed by atoms with van der Waals surface area (Å²) in [6.45, 7) is 13.2. The Hall–Kier alpha value is -1.97. The molecule has 2 N–H and O–H groups in total. The Balaban J connectivity index is 3.42. The number of amides is 2. The highest BCUT2D eigenvalue weighted by Gasteiger charge is 2.38. The normalized spacial score (nSPS) is 14.8. The zero-order valence-corrected chi connectivity index (χ0v) is 19.9. The monoisotopic (exact) mass is 442 g/mol. The van der Waals surface area contributed by atoms with Gasteiger partial charge >= 0.3 is 12.2 Å². The maximum absolute atomic E-state index is 13.0. The number of ether oxygens (including phenoxy) is 2. The van der Waals surface area contributed by atoms with Crippen LogP contribution < -0.4 is 0 Å². The van der Waals surface area contributed by atoms with Gasteiger partial charge in [-0.3, -0.25) is 0 Å². The maximum atomic E-state index is 13.0. The van der Waals surface area contributed by atoms with Crippen LogP contribution in [0.3, 0.4) is 0 Å². The molecule has 2 amide bonds. The smallest absolute Gasteiger partial charge is 0.420 e. The zero-order chi connectivity index (χ0) is 23.3. The SMILES string of the molecule is C/C(=C\c1csc(C)n1)[C@H](CC(O)CO)N(C(=O)OC(C)(C)C)C(=O)OC(C)(C)C. The highest BCUT2D eigenvalue weighted by molar-refractivity contribution is 7.09. The van der Waals surface area contributed by atoms with Crippen LogP contribution in [0.1, 0.15) is 65.6 Å². The van der Waals surface area contributed by atoms with Crippen LogP contribution in [0.25, 0.3) is 6.08 Å². The van der Waals surface area contributed by atoms with Gasteiger partial charge in [-0.25, -0.2) is 19.5 Å². The van der Waals surface area contributed by atoms with Crippen molar-refractivity contribution in [2.75, 3.05) is 6.61 Å². The van der Waals surface area contributed by atoms with Gasteiger partial charge in [0.15, 0.2) is 0 Å². The molecule has 1 aromatic heterocycles. The van der Waals surface area contributed by atoms with E-state index in [0.29, 0.717) is 11.3 Å². The number of nitrogens with zero attached hydrogens (tertiary/aromatic N) is 2. The Morgan fingerprint density at radius 3 is 2.03 bits per heavy atom. The second-order valence-electron chi connectivity index (χ2n) is 9.10. The molecule has 0 aliphatic carbocycles. The van der Waals surface area contributed by atoms with Crippen molar-refractivity contribution in [2.24, 2.45) is 0 Å². The van der Waals surface area contributed by atoms with E-state index < -0.39 is 42.1 Å². The fourth-order valence-corrected chi connectivity index (χ4v) is 3.12. The number of carbonyl (C=O) groups excluding carboxylic acids is 2. The molecule has 0 fully saturated rings. The molecule has 30 heavy (non-hydrogen) atoms. The first-order valence-corrected chi connectivity index (χ1v) is 10.7. The van der Waals surface area contributed by atoms with Gasteiger partial charge in [-0.15, -0.1) is 11.3 Å². The predicted octanol–water partition coefficient (Wildman–Crippen LogP) is 4.14. The van der Waals surface area contributed by atoms with Gasteiger partial charge in [0, 0.05) is 11.8 Å². The molecule has 2 atom stereocenters. The molecule has 1 aromatic rings. The standard InChI is InChI=1S/C21H34N2O6S/c1-13(9-15-12-30-14(2)22-15)17(10-16(25)11-24)23(18(26)28-20(3,4)5)19(27)29-21(6,7)8/h9,12,16-17,24-25H,10-11H2,1-8H3/b13-9+/t16?,17-/m0/s1. The topological polar surface area (TPSA) is 109 Å². The van der Waals surface area contributed by atoms with Crippen LogP contribution in [0.4, 0.5) is 9.59 Å². The number of imide groups is 1. The third kappa shape index (κ3) is 8.81. The lowest BCUT2D eigenvalue weighted by Gasteiger charge is -2.34. The van der Waals surface area contributed by atoms with Crippen LogP contribution in [0.15, 0.2) is 11.0 Å². The second-order valence-corrected chi connectivity index (χ2v) is 10.2. The quantitative estimate of drug-likeness (QED) is 0.681. The first-order valence-electron chi connectivity index (χ1n) is 9.77. The Labute approximate surface area is 182 Å². The number of rotatable bonds is 6. The lowest BCUT2D eigenvalue weighted by Crippen LogP contribution is -2.50. The molecule has 0 aromatic carbocycles. The van der Waals surface area contributed by atoms with E-state index in [4.69, 9.17) is 9.47 Å². The molecule has 0 bridgehead atoms. The Morgan fingerprint density at radius 2 is 1.67 bits per heavy atom. The molecule has 1 unspecified atom stereocenters. The van der Waals surface area contributed by atoms with E-state index in [1.165, 1.54) is 11.3 Å². The van der Waals surface area contributed by atoms with Crippen LogP contribution >= 0.6 is 11.3 Å². The first kappa shape index (κ1) is 26.1. The van der Waals surface area contributed by atoms with Gasteiger partial charge in [-0.1, -0.05) is 0 Å². The van der Waals surface area contributed by atoms with E-state index in [9.17, 15) is 19.8 Å². The van der Waals surface area contributed by atoms with E-state index >= 15 is 0 Å². The average molecular weight is 443 g/mol. The number of thiazole rings is 1. The fraction of sp³-hybridized carbons (Fsp3) is 0.667. The molecule has 0 aliphatic rings. The number of hydrogen-bond acceptors (Lipinski definition) is 8. The van der Waals surface area contributed by atoms with Crippen LogP contribution in [0.2, 0.25) is 0 Å². The fourth-order valence-electron chi connectivity index (χ4n) is 2.55. The van der Waals surface area contributed by atoms with Crippen molar-refractivity contribution in [3.8, 4) is 0 Å². The van der Waals surface area contributed by atoms with Gasteiger partial charge in [0.2, 0.25) is 0 Å². The number of hydrogen-bond donors (Lipinski definition) is 2. The minimum Gasteiger partial charge on any atom is -0.443 e. The third-order valence-corrected chi connectivity index (χ3v) is 4.53. The molecular formula is C21H34N2O6S. The largest absolute Gasteiger partial charge is 0.443 e. The average Bonchev–Trinajstić information content (AvgIpc) is 2.95. The van der Waals surface area contributed by atoms with Crippen LogP contribution in [0, 0.1) is 6.92 Å². The number of aliphatic hydroxyl groups excluding tert-OH is 2. The molecule has 0 saturated carbocycles. The summed E-state index contributed by atoms with van der Waals surface area (Å²) in [5, 5.41) is 22.2. The van der Waals surface area contributed by atoms with Crippen molar-refractivity contribution in [1.29, 1.82) is 0 Å². The Kier molecular flexibility index (Phi) is 9.01. The summed E-state index contributed by atoms with van der Waals surface area (Å²) in [4.78, 5) is 31.2. The lowest BCUT2D eigenvalue weighted by molar-refractivity contribution is -0.0107. The minimum absolute atomic E-state index is 0.0829. The highest BCUT2D eigenvalue weighted by Crippen LogP contribution is 2.25.